The smallest absolute Gasteiger partial charge is 0.153 e. The third-order valence-electron chi connectivity index (χ3n) is 1.98. The van der Waals surface area contributed by atoms with Gasteiger partial charge in [0.25, 0.3) is 0 Å². The summed E-state index contributed by atoms with van der Waals surface area (Å²) < 4.78 is 11.0. The first-order valence-electron chi connectivity index (χ1n) is 5.44. The summed E-state index contributed by atoms with van der Waals surface area (Å²) in [5.41, 5.74) is 0.302. The Labute approximate surface area is 107 Å². The molecule has 0 saturated heterocycles. The Kier molecular flexibility index (Phi) is 4.97. The van der Waals surface area contributed by atoms with E-state index in [1.165, 1.54) is 0 Å². The molecule has 0 saturated carbocycles. The fourth-order valence-corrected chi connectivity index (χ4v) is 1.39. The van der Waals surface area contributed by atoms with Crippen LogP contribution in [0.1, 0.15) is 31.1 Å². The molecule has 0 aromatic heterocycles. The Morgan fingerprint density at radius 1 is 1.29 bits per heavy atom. The maximum atomic E-state index is 10.8. The molecule has 1 aromatic carbocycles. The number of carbonyl (C=O) groups is 1. The van der Waals surface area contributed by atoms with Gasteiger partial charge in [-0.2, -0.15) is 0 Å². The molecule has 3 nitrogen and oxygen atoms in total. The second-order valence-electron chi connectivity index (χ2n) is 4.61. The summed E-state index contributed by atoms with van der Waals surface area (Å²) >= 11 is 5.83. The maximum Gasteiger partial charge on any atom is 0.153 e. The summed E-state index contributed by atoms with van der Waals surface area (Å²) in [6.45, 7) is 6.78. The van der Waals surface area contributed by atoms with Crippen LogP contribution in [0.2, 0.25) is 5.02 Å². The van der Waals surface area contributed by atoms with Crippen molar-refractivity contribution in [1.29, 1.82) is 0 Å². The molecular weight excluding hydrogens is 240 g/mol. The van der Waals surface area contributed by atoms with E-state index < -0.39 is 0 Å². The molecule has 0 radical (unpaired) electrons. The molecule has 0 aliphatic rings. The molecule has 0 spiro atoms. The molecular formula is C13H17ClO3. The largest absolute Gasteiger partial charge is 0.490 e. The lowest BCUT2D eigenvalue weighted by molar-refractivity contribution is -0.0163. The normalized spacial score (nSPS) is 11.3. The Morgan fingerprint density at radius 3 is 2.59 bits per heavy atom. The van der Waals surface area contributed by atoms with Crippen molar-refractivity contribution in [3.05, 3.63) is 28.8 Å². The minimum atomic E-state index is -0.189. The Morgan fingerprint density at radius 2 is 2.00 bits per heavy atom. The number of rotatable bonds is 5. The highest BCUT2D eigenvalue weighted by Crippen LogP contribution is 2.22. The third-order valence-corrected chi connectivity index (χ3v) is 2.21. The number of aldehydes is 1. The molecule has 0 aliphatic heterocycles. The summed E-state index contributed by atoms with van der Waals surface area (Å²) in [7, 11) is 0. The highest BCUT2D eigenvalue weighted by Gasteiger charge is 2.10. The number of hydrogen-bond acceptors (Lipinski definition) is 3. The van der Waals surface area contributed by atoms with Crippen molar-refractivity contribution < 1.29 is 14.3 Å². The van der Waals surface area contributed by atoms with E-state index in [0.29, 0.717) is 29.5 Å². The molecule has 0 aliphatic carbocycles. The molecule has 0 heterocycles. The number of benzene rings is 1. The van der Waals surface area contributed by atoms with Gasteiger partial charge >= 0.3 is 0 Å². The van der Waals surface area contributed by atoms with Crippen molar-refractivity contribution in [1.82, 2.24) is 0 Å². The third kappa shape index (κ3) is 5.20. The topological polar surface area (TPSA) is 35.5 Å². The van der Waals surface area contributed by atoms with E-state index in [9.17, 15) is 4.79 Å². The van der Waals surface area contributed by atoms with Crippen LogP contribution in [-0.2, 0) is 4.74 Å². The van der Waals surface area contributed by atoms with Crippen LogP contribution in [0.15, 0.2) is 18.2 Å². The zero-order valence-corrected chi connectivity index (χ0v) is 11.1. The van der Waals surface area contributed by atoms with Gasteiger partial charge in [-0.1, -0.05) is 11.6 Å². The van der Waals surface area contributed by atoms with Crippen molar-refractivity contribution >= 4 is 17.9 Å². The van der Waals surface area contributed by atoms with E-state index in [4.69, 9.17) is 21.1 Å². The molecule has 4 heteroatoms. The fourth-order valence-electron chi connectivity index (χ4n) is 1.23. The number of halogens is 1. The number of hydrogen-bond donors (Lipinski definition) is 0. The van der Waals surface area contributed by atoms with Crippen molar-refractivity contribution in [2.75, 3.05) is 13.2 Å². The van der Waals surface area contributed by atoms with Crippen LogP contribution >= 0.6 is 11.6 Å². The van der Waals surface area contributed by atoms with E-state index in [-0.39, 0.29) is 5.60 Å². The van der Waals surface area contributed by atoms with Crippen LogP contribution < -0.4 is 4.74 Å². The maximum absolute atomic E-state index is 10.8. The molecule has 0 unspecified atom stereocenters. The fraction of sp³-hybridized carbons (Fsp3) is 0.462. The molecule has 94 valence electrons. The van der Waals surface area contributed by atoms with Crippen molar-refractivity contribution in [2.45, 2.75) is 26.4 Å². The minimum Gasteiger partial charge on any atom is -0.490 e. The summed E-state index contributed by atoms with van der Waals surface area (Å²) in [5.74, 6) is 0.491. The van der Waals surface area contributed by atoms with Crippen molar-refractivity contribution in [3.8, 4) is 5.75 Å². The quantitative estimate of drug-likeness (QED) is 0.599. The van der Waals surface area contributed by atoms with Gasteiger partial charge < -0.3 is 9.47 Å². The summed E-state index contributed by atoms with van der Waals surface area (Å²) in [6.07, 6.45) is 0.746. The second-order valence-corrected chi connectivity index (χ2v) is 5.05. The van der Waals surface area contributed by atoms with Crippen LogP contribution in [0.5, 0.6) is 5.75 Å². The average Bonchev–Trinajstić information content (AvgIpc) is 2.23. The first-order valence-corrected chi connectivity index (χ1v) is 5.81. The number of ether oxygens (including phenoxy) is 2. The van der Waals surface area contributed by atoms with Gasteiger partial charge in [0.15, 0.2) is 6.29 Å². The Balaban J connectivity index is 2.51. The van der Waals surface area contributed by atoms with E-state index in [0.717, 1.165) is 6.29 Å². The molecule has 17 heavy (non-hydrogen) atoms. The van der Waals surface area contributed by atoms with Crippen molar-refractivity contribution in [3.63, 3.8) is 0 Å². The van der Waals surface area contributed by atoms with Crippen LogP contribution in [0.3, 0.4) is 0 Å². The monoisotopic (exact) mass is 256 g/mol. The molecule has 0 fully saturated rings. The second kappa shape index (κ2) is 6.03. The van der Waals surface area contributed by atoms with Crippen LogP contribution in [-0.4, -0.2) is 25.1 Å². The van der Waals surface area contributed by atoms with E-state index in [1.807, 2.05) is 20.8 Å². The molecule has 0 amide bonds. The van der Waals surface area contributed by atoms with Crippen molar-refractivity contribution in [2.24, 2.45) is 0 Å². The lowest BCUT2D eigenvalue weighted by Crippen LogP contribution is -2.22. The Bertz CT molecular complexity index is 383. The van der Waals surface area contributed by atoms with Gasteiger partial charge in [-0.15, -0.1) is 0 Å². The van der Waals surface area contributed by atoms with Gasteiger partial charge in [0.2, 0.25) is 0 Å². The van der Waals surface area contributed by atoms with Gasteiger partial charge in [0.1, 0.15) is 12.4 Å². The lowest BCUT2D eigenvalue weighted by Gasteiger charge is -2.19. The lowest BCUT2D eigenvalue weighted by atomic mass is 10.2. The zero-order chi connectivity index (χ0) is 12.9. The zero-order valence-electron chi connectivity index (χ0n) is 10.3. The molecule has 1 aromatic rings. The van der Waals surface area contributed by atoms with Gasteiger partial charge in [-0.25, -0.2) is 0 Å². The van der Waals surface area contributed by atoms with Gasteiger partial charge in [-0.05, 0) is 39.0 Å². The molecule has 0 bridgehead atoms. The predicted molar refractivity (Wildman–Crippen MR) is 68.0 cm³/mol. The van der Waals surface area contributed by atoms with Gasteiger partial charge in [-0.3, -0.25) is 4.79 Å². The highest BCUT2D eigenvalue weighted by atomic mass is 35.5. The molecule has 1 rings (SSSR count). The SMILES string of the molecule is CC(C)(C)OCCOc1cc(Cl)ccc1C=O. The number of carbonyl (C=O) groups excluding carboxylic acids is 1. The standard InChI is InChI=1S/C13H17ClO3/c1-13(2,3)17-7-6-16-12-8-11(14)5-4-10(12)9-15/h4-5,8-9H,6-7H2,1-3H3. The first kappa shape index (κ1) is 14.0. The van der Waals surface area contributed by atoms with E-state index in [1.54, 1.807) is 18.2 Å². The van der Waals surface area contributed by atoms with E-state index >= 15 is 0 Å². The summed E-state index contributed by atoms with van der Waals surface area (Å²) in [6, 6.07) is 4.92. The predicted octanol–water partition coefficient (Wildman–Crippen LogP) is 3.35. The minimum absolute atomic E-state index is 0.189. The highest BCUT2D eigenvalue weighted by molar-refractivity contribution is 6.30. The van der Waals surface area contributed by atoms with Gasteiger partial charge in [0.05, 0.1) is 17.8 Å². The van der Waals surface area contributed by atoms with Gasteiger partial charge in [0, 0.05) is 5.02 Å². The first-order chi connectivity index (χ1) is 7.92. The molecule has 0 N–H and O–H groups in total. The van der Waals surface area contributed by atoms with E-state index in [2.05, 4.69) is 0 Å². The average molecular weight is 257 g/mol. The molecule has 0 atom stereocenters. The van der Waals surface area contributed by atoms with Crippen LogP contribution in [0.25, 0.3) is 0 Å². The van der Waals surface area contributed by atoms with Crippen LogP contribution in [0.4, 0.5) is 0 Å². The van der Waals surface area contributed by atoms with Crippen LogP contribution in [0, 0.1) is 0 Å². The summed E-state index contributed by atoms with van der Waals surface area (Å²) in [4.78, 5) is 10.8. The summed E-state index contributed by atoms with van der Waals surface area (Å²) in [5, 5.41) is 0.544. The Hall–Kier alpha value is -1.06.